The number of carbonyl (C=O) groups excluding carboxylic acids is 2. The van der Waals surface area contributed by atoms with Crippen molar-refractivity contribution in [1.82, 2.24) is 20.1 Å². The van der Waals surface area contributed by atoms with Crippen molar-refractivity contribution in [2.75, 3.05) is 26.2 Å². The highest BCUT2D eigenvalue weighted by Crippen LogP contribution is 2.32. The Bertz CT molecular complexity index is 626. The second-order valence-electron chi connectivity index (χ2n) is 7.43. The molecular formula is C20H30N4O2. The van der Waals surface area contributed by atoms with Crippen LogP contribution in [0.25, 0.3) is 0 Å². The third kappa shape index (κ3) is 5.04. The van der Waals surface area contributed by atoms with Crippen molar-refractivity contribution >= 4 is 11.8 Å². The third-order valence-corrected chi connectivity index (χ3v) is 5.37. The monoisotopic (exact) mass is 358 g/mol. The maximum Gasteiger partial charge on any atom is 0.237 e. The van der Waals surface area contributed by atoms with Crippen LogP contribution >= 0.6 is 0 Å². The number of amides is 2. The summed E-state index contributed by atoms with van der Waals surface area (Å²) in [7, 11) is 0. The van der Waals surface area contributed by atoms with Gasteiger partial charge in [-0.1, -0.05) is 12.8 Å². The Labute approximate surface area is 156 Å². The molecule has 26 heavy (non-hydrogen) atoms. The van der Waals surface area contributed by atoms with E-state index < -0.39 is 0 Å². The van der Waals surface area contributed by atoms with Crippen molar-refractivity contribution in [3.63, 3.8) is 0 Å². The van der Waals surface area contributed by atoms with Crippen molar-refractivity contribution < 1.29 is 9.59 Å². The minimum Gasteiger partial charge on any atom is -0.351 e. The molecule has 1 N–H and O–H groups in total. The SMILES string of the molecule is CC(=O)NCc1cc([C@@H]2CCCN2C(=O)CN2CCCCCC2)ccn1. The molecule has 6 heteroatoms. The summed E-state index contributed by atoms with van der Waals surface area (Å²) in [4.78, 5) is 32.7. The first-order chi connectivity index (χ1) is 12.6. The number of aromatic nitrogens is 1. The van der Waals surface area contributed by atoms with Gasteiger partial charge in [0.05, 0.1) is 24.8 Å². The van der Waals surface area contributed by atoms with Crippen molar-refractivity contribution in [3.05, 3.63) is 29.6 Å². The smallest absolute Gasteiger partial charge is 0.237 e. The van der Waals surface area contributed by atoms with E-state index in [0.29, 0.717) is 13.1 Å². The van der Waals surface area contributed by atoms with Crippen LogP contribution in [0, 0.1) is 0 Å². The zero-order chi connectivity index (χ0) is 18.4. The van der Waals surface area contributed by atoms with Gasteiger partial charge in [0.25, 0.3) is 0 Å². The molecule has 0 aromatic carbocycles. The predicted octanol–water partition coefficient (Wildman–Crippen LogP) is 2.26. The van der Waals surface area contributed by atoms with Crippen molar-refractivity contribution in [1.29, 1.82) is 0 Å². The first-order valence-electron chi connectivity index (χ1n) is 9.84. The van der Waals surface area contributed by atoms with Gasteiger partial charge in [-0.15, -0.1) is 0 Å². The number of nitrogens with one attached hydrogen (secondary N) is 1. The number of hydrogen-bond donors (Lipinski definition) is 1. The molecule has 2 fully saturated rings. The van der Waals surface area contributed by atoms with E-state index in [2.05, 4.69) is 15.2 Å². The molecular weight excluding hydrogens is 328 g/mol. The molecule has 2 aliphatic heterocycles. The maximum absolute atomic E-state index is 12.9. The predicted molar refractivity (Wildman–Crippen MR) is 100 cm³/mol. The Morgan fingerprint density at radius 1 is 1.15 bits per heavy atom. The van der Waals surface area contributed by atoms with E-state index in [1.165, 1.54) is 32.6 Å². The molecule has 0 bridgehead atoms. The van der Waals surface area contributed by atoms with Gasteiger partial charge in [0, 0.05) is 19.7 Å². The van der Waals surface area contributed by atoms with E-state index in [4.69, 9.17) is 0 Å². The lowest BCUT2D eigenvalue weighted by molar-refractivity contribution is -0.133. The number of nitrogens with zero attached hydrogens (tertiary/aromatic N) is 3. The molecule has 1 aromatic heterocycles. The zero-order valence-electron chi connectivity index (χ0n) is 15.7. The van der Waals surface area contributed by atoms with E-state index in [1.807, 2.05) is 17.0 Å². The summed E-state index contributed by atoms with van der Waals surface area (Å²) in [5.74, 6) is 0.182. The topological polar surface area (TPSA) is 65.5 Å². The Balaban J connectivity index is 1.64. The molecule has 1 aromatic rings. The van der Waals surface area contributed by atoms with Crippen LogP contribution in [0.15, 0.2) is 18.3 Å². The number of likely N-dealkylation sites (tertiary alicyclic amines) is 2. The summed E-state index contributed by atoms with van der Waals surface area (Å²) in [6.07, 6.45) is 8.79. The van der Waals surface area contributed by atoms with Crippen LogP contribution < -0.4 is 5.32 Å². The average molecular weight is 358 g/mol. The molecule has 0 unspecified atom stereocenters. The molecule has 2 saturated heterocycles. The van der Waals surface area contributed by atoms with E-state index in [9.17, 15) is 9.59 Å². The molecule has 0 spiro atoms. The highest BCUT2D eigenvalue weighted by atomic mass is 16.2. The second-order valence-corrected chi connectivity index (χ2v) is 7.43. The summed E-state index contributed by atoms with van der Waals surface area (Å²) in [6, 6.07) is 4.16. The van der Waals surface area contributed by atoms with Gasteiger partial charge >= 0.3 is 0 Å². The van der Waals surface area contributed by atoms with Crippen LogP contribution in [0.2, 0.25) is 0 Å². The Kier molecular flexibility index (Phi) is 6.61. The van der Waals surface area contributed by atoms with Crippen LogP contribution in [0.1, 0.15) is 62.7 Å². The lowest BCUT2D eigenvalue weighted by Crippen LogP contribution is -2.40. The quantitative estimate of drug-likeness (QED) is 0.877. The number of rotatable bonds is 5. The molecule has 142 valence electrons. The normalized spacial score (nSPS) is 21.4. The minimum atomic E-state index is -0.0627. The second kappa shape index (κ2) is 9.12. The van der Waals surface area contributed by atoms with Crippen LogP contribution in [-0.4, -0.2) is 52.8 Å². The van der Waals surface area contributed by atoms with Crippen molar-refractivity contribution in [2.45, 2.75) is 58.0 Å². The average Bonchev–Trinajstić information content (AvgIpc) is 2.99. The van der Waals surface area contributed by atoms with Gasteiger partial charge < -0.3 is 10.2 Å². The first-order valence-corrected chi connectivity index (χ1v) is 9.84. The summed E-state index contributed by atoms with van der Waals surface area (Å²) in [5, 5.41) is 2.79. The summed E-state index contributed by atoms with van der Waals surface area (Å²) < 4.78 is 0. The van der Waals surface area contributed by atoms with Gasteiger partial charge in [0.1, 0.15) is 0 Å². The van der Waals surface area contributed by atoms with E-state index in [0.717, 1.165) is 43.7 Å². The maximum atomic E-state index is 12.9. The molecule has 3 rings (SSSR count). The van der Waals surface area contributed by atoms with Gasteiger partial charge in [-0.2, -0.15) is 0 Å². The first kappa shape index (κ1) is 18.8. The Morgan fingerprint density at radius 2 is 1.92 bits per heavy atom. The van der Waals surface area contributed by atoms with E-state index in [-0.39, 0.29) is 17.9 Å². The standard InChI is InChI=1S/C20H30N4O2/c1-16(25)22-14-18-13-17(8-9-21-18)19-7-6-12-24(19)20(26)15-23-10-4-2-3-5-11-23/h8-9,13,19H,2-7,10-12,14-15H2,1H3,(H,22,25)/t19-/m0/s1. The summed E-state index contributed by atoms with van der Waals surface area (Å²) in [6.45, 7) is 5.39. The van der Waals surface area contributed by atoms with Crippen molar-refractivity contribution in [2.24, 2.45) is 0 Å². The molecule has 0 radical (unpaired) electrons. The fourth-order valence-electron chi connectivity index (χ4n) is 4.00. The fourth-order valence-corrected chi connectivity index (χ4v) is 4.00. The van der Waals surface area contributed by atoms with Crippen molar-refractivity contribution in [3.8, 4) is 0 Å². The molecule has 1 atom stereocenters. The molecule has 0 saturated carbocycles. The van der Waals surface area contributed by atoms with Gasteiger partial charge in [0.15, 0.2) is 0 Å². The van der Waals surface area contributed by atoms with Gasteiger partial charge in [0.2, 0.25) is 11.8 Å². The van der Waals surface area contributed by atoms with E-state index >= 15 is 0 Å². The van der Waals surface area contributed by atoms with Gasteiger partial charge in [-0.3, -0.25) is 19.5 Å². The van der Waals surface area contributed by atoms with Gasteiger partial charge in [-0.05, 0) is 56.5 Å². The molecule has 2 amide bonds. The molecule has 2 aliphatic rings. The highest BCUT2D eigenvalue weighted by Gasteiger charge is 2.31. The molecule has 6 nitrogen and oxygen atoms in total. The zero-order valence-corrected chi connectivity index (χ0v) is 15.7. The van der Waals surface area contributed by atoms with Crippen LogP contribution in [0.3, 0.4) is 0 Å². The molecule has 0 aliphatic carbocycles. The van der Waals surface area contributed by atoms with E-state index in [1.54, 1.807) is 6.20 Å². The van der Waals surface area contributed by atoms with Gasteiger partial charge in [-0.25, -0.2) is 0 Å². The fraction of sp³-hybridized carbons (Fsp3) is 0.650. The highest BCUT2D eigenvalue weighted by molar-refractivity contribution is 5.79. The Morgan fingerprint density at radius 3 is 2.65 bits per heavy atom. The lowest BCUT2D eigenvalue weighted by Gasteiger charge is -2.28. The van der Waals surface area contributed by atoms with Crippen LogP contribution in [0.5, 0.6) is 0 Å². The number of pyridine rings is 1. The number of hydrogen-bond acceptors (Lipinski definition) is 4. The lowest BCUT2D eigenvalue weighted by atomic mass is 10.0. The summed E-state index contributed by atoms with van der Waals surface area (Å²) >= 11 is 0. The van der Waals surface area contributed by atoms with Crippen LogP contribution in [-0.2, 0) is 16.1 Å². The summed E-state index contributed by atoms with van der Waals surface area (Å²) in [5.41, 5.74) is 1.96. The largest absolute Gasteiger partial charge is 0.351 e. The minimum absolute atomic E-state index is 0.0627. The number of carbonyl (C=O) groups is 2. The third-order valence-electron chi connectivity index (χ3n) is 5.37. The Hall–Kier alpha value is -1.95. The van der Waals surface area contributed by atoms with Crippen LogP contribution in [0.4, 0.5) is 0 Å². The molecule has 3 heterocycles.